The molecule has 0 aromatic heterocycles. The molecule has 0 saturated carbocycles. The van der Waals surface area contributed by atoms with Gasteiger partial charge in [-0.25, -0.2) is 17.9 Å². The highest BCUT2D eigenvalue weighted by Crippen LogP contribution is 2.21. The van der Waals surface area contributed by atoms with Crippen molar-refractivity contribution in [1.29, 1.82) is 0 Å². The number of ether oxygens (including phenoxy) is 1. The lowest BCUT2D eigenvalue weighted by molar-refractivity contribution is -0.120. The van der Waals surface area contributed by atoms with Gasteiger partial charge in [-0.1, -0.05) is 56.3 Å². The van der Waals surface area contributed by atoms with Gasteiger partial charge in [0.2, 0.25) is 5.91 Å². The minimum atomic E-state index is -4.15. The van der Waals surface area contributed by atoms with Crippen LogP contribution in [0.4, 0.5) is 10.5 Å². The molecule has 8 nitrogen and oxygen atoms in total. The molecule has 37 heavy (non-hydrogen) atoms. The highest BCUT2D eigenvalue weighted by molar-refractivity contribution is 7.90. The molecule has 0 bridgehead atoms. The van der Waals surface area contributed by atoms with E-state index >= 15 is 0 Å². The first-order chi connectivity index (χ1) is 17.6. The molecule has 0 fully saturated rings. The Balaban J connectivity index is 1.84. The van der Waals surface area contributed by atoms with Gasteiger partial charge in [0.05, 0.1) is 12.0 Å². The van der Waals surface area contributed by atoms with E-state index in [1.807, 2.05) is 57.2 Å². The zero-order chi connectivity index (χ0) is 27.0. The maximum atomic E-state index is 13.6. The van der Waals surface area contributed by atoms with Crippen molar-refractivity contribution in [1.82, 2.24) is 10.0 Å². The van der Waals surface area contributed by atoms with Crippen LogP contribution in [-0.4, -0.2) is 40.1 Å². The van der Waals surface area contributed by atoms with E-state index in [9.17, 15) is 18.0 Å². The molecule has 0 aliphatic carbocycles. The molecule has 196 valence electrons. The Morgan fingerprint density at radius 2 is 1.62 bits per heavy atom. The summed E-state index contributed by atoms with van der Waals surface area (Å²) in [5, 5.41) is 2.59. The molecule has 0 aliphatic rings. The molecule has 0 spiro atoms. The van der Waals surface area contributed by atoms with Crippen molar-refractivity contribution in [2.75, 3.05) is 18.6 Å². The van der Waals surface area contributed by atoms with E-state index in [0.29, 0.717) is 18.0 Å². The number of anilines is 1. The molecule has 0 unspecified atom stereocenters. The average Bonchev–Trinajstić information content (AvgIpc) is 2.89. The first-order valence-electron chi connectivity index (χ1n) is 12.1. The van der Waals surface area contributed by atoms with Crippen molar-refractivity contribution < 1.29 is 22.7 Å². The molecule has 2 N–H and O–H groups in total. The number of hydrogen-bond donors (Lipinski definition) is 2. The van der Waals surface area contributed by atoms with Gasteiger partial charge < -0.3 is 15.0 Å². The van der Waals surface area contributed by atoms with Crippen molar-refractivity contribution in [3.8, 4) is 5.75 Å². The number of hydrogen-bond acceptors (Lipinski definition) is 5. The molecule has 0 saturated heterocycles. The quantitative estimate of drug-likeness (QED) is 0.408. The first kappa shape index (κ1) is 27.7. The Bertz CT molecular complexity index is 1310. The molecule has 3 rings (SSSR count). The fourth-order valence-corrected chi connectivity index (χ4v) is 4.85. The normalized spacial score (nSPS) is 12.0. The minimum Gasteiger partial charge on any atom is -0.497 e. The molecule has 0 aliphatic heterocycles. The Morgan fingerprint density at radius 3 is 2.22 bits per heavy atom. The summed E-state index contributed by atoms with van der Waals surface area (Å²) in [7, 11) is -2.59. The number of urea groups is 1. The Morgan fingerprint density at radius 1 is 0.946 bits per heavy atom. The topological polar surface area (TPSA) is 105 Å². The summed E-state index contributed by atoms with van der Waals surface area (Å²) < 4.78 is 33.1. The van der Waals surface area contributed by atoms with E-state index in [4.69, 9.17) is 4.74 Å². The number of sulfonamides is 1. The van der Waals surface area contributed by atoms with E-state index in [0.717, 1.165) is 11.1 Å². The monoisotopic (exact) mass is 523 g/mol. The van der Waals surface area contributed by atoms with Gasteiger partial charge in [0.15, 0.2) is 0 Å². The van der Waals surface area contributed by atoms with E-state index in [2.05, 4.69) is 10.0 Å². The van der Waals surface area contributed by atoms with Gasteiger partial charge in [-0.05, 0) is 60.4 Å². The van der Waals surface area contributed by atoms with Crippen LogP contribution in [0, 0.1) is 0 Å². The zero-order valence-electron chi connectivity index (χ0n) is 21.5. The number of amides is 3. The number of nitrogens with zero attached hydrogens (tertiary/aromatic N) is 1. The lowest BCUT2D eigenvalue weighted by Gasteiger charge is -2.27. The smallest absolute Gasteiger partial charge is 0.329 e. The Kier molecular flexibility index (Phi) is 9.30. The zero-order valence-corrected chi connectivity index (χ0v) is 22.3. The molecule has 3 aromatic carbocycles. The number of likely N-dealkylation sites (N-methyl/N-ethyl adjacent to an activating group) is 1. The summed E-state index contributed by atoms with van der Waals surface area (Å²) in [6, 6.07) is 20.7. The minimum absolute atomic E-state index is 0.0202. The van der Waals surface area contributed by atoms with Crippen LogP contribution in [0.15, 0.2) is 83.8 Å². The van der Waals surface area contributed by atoms with Crippen molar-refractivity contribution in [2.24, 2.45) is 0 Å². The largest absolute Gasteiger partial charge is 0.497 e. The third-order valence-electron chi connectivity index (χ3n) is 5.91. The predicted octanol–water partition coefficient (Wildman–Crippen LogP) is 4.47. The second-order valence-electron chi connectivity index (χ2n) is 8.83. The van der Waals surface area contributed by atoms with Crippen molar-refractivity contribution in [2.45, 2.75) is 44.0 Å². The molecular formula is C28H33N3O5S. The second-order valence-corrected chi connectivity index (χ2v) is 10.5. The first-order valence-corrected chi connectivity index (χ1v) is 13.6. The van der Waals surface area contributed by atoms with Crippen LogP contribution in [0.25, 0.3) is 0 Å². The molecule has 1 atom stereocenters. The average molecular weight is 524 g/mol. The second kappa shape index (κ2) is 12.4. The summed E-state index contributed by atoms with van der Waals surface area (Å²) >= 11 is 0. The van der Waals surface area contributed by atoms with Gasteiger partial charge in [-0.2, -0.15) is 0 Å². The summed E-state index contributed by atoms with van der Waals surface area (Å²) in [5.74, 6) is 0.401. The van der Waals surface area contributed by atoms with Crippen LogP contribution < -0.4 is 19.7 Å². The molecule has 0 heterocycles. The Labute approximate surface area is 218 Å². The number of benzene rings is 3. The molecular weight excluding hydrogens is 490 g/mol. The fraction of sp³-hybridized carbons (Fsp3) is 0.286. The number of carbonyl (C=O) groups excluding carboxylic acids is 2. The van der Waals surface area contributed by atoms with Gasteiger partial charge in [0.1, 0.15) is 11.8 Å². The molecule has 3 aromatic rings. The van der Waals surface area contributed by atoms with Gasteiger partial charge in [-0.15, -0.1) is 0 Å². The van der Waals surface area contributed by atoms with E-state index < -0.39 is 22.1 Å². The highest BCUT2D eigenvalue weighted by Gasteiger charge is 2.28. The number of carbonyl (C=O) groups is 2. The summed E-state index contributed by atoms with van der Waals surface area (Å²) in [5.41, 5.74) is 2.28. The van der Waals surface area contributed by atoms with Crippen LogP contribution in [0.2, 0.25) is 0 Å². The maximum absolute atomic E-state index is 13.6. The summed E-state index contributed by atoms with van der Waals surface area (Å²) in [6.07, 6.45) is 0.183. The third-order valence-corrected chi connectivity index (χ3v) is 7.24. The third kappa shape index (κ3) is 7.33. The van der Waals surface area contributed by atoms with Crippen LogP contribution in [-0.2, 0) is 21.2 Å². The lowest BCUT2D eigenvalue weighted by Crippen LogP contribution is -2.53. The van der Waals surface area contributed by atoms with E-state index in [1.54, 1.807) is 37.4 Å². The van der Waals surface area contributed by atoms with Crippen LogP contribution in [0.5, 0.6) is 5.75 Å². The molecule has 0 radical (unpaired) electrons. The highest BCUT2D eigenvalue weighted by atomic mass is 32.2. The predicted molar refractivity (Wildman–Crippen MR) is 144 cm³/mol. The summed E-state index contributed by atoms with van der Waals surface area (Å²) in [6.45, 7) is 6.08. The summed E-state index contributed by atoms with van der Waals surface area (Å²) in [4.78, 5) is 28.0. The van der Waals surface area contributed by atoms with Crippen LogP contribution in [0.3, 0.4) is 0 Å². The van der Waals surface area contributed by atoms with E-state index in [-0.39, 0.29) is 23.1 Å². The molecule has 9 heteroatoms. The Hall–Kier alpha value is -3.85. The SMILES string of the molecule is CCN(C(=O)[C@H](Cc1ccccc1)NC(=O)NS(=O)(=O)c1cccc(C(C)C)c1)c1ccc(OC)cc1. The maximum Gasteiger partial charge on any atom is 0.329 e. The standard InChI is InChI=1S/C28H33N3O5S/c1-5-31(23-14-16-24(36-4)17-15-23)27(32)26(18-21-10-7-6-8-11-21)29-28(33)30-37(34,35)25-13-9-12-22(19-25)20(2)3/h6-17,19-20,26H,5,18H2,1-4H3,(H2,29,30,33)/t26-/m0/s1. The van der Waals surface area contributed by atoms with Gasteiger partial charge >= 0.3 is 6.03 Å². The number of methoxy groups -OCH3 is 1. The fourth-order valence-electron chi connectivity index (χ4n) is 3.88. The van der Waals surface area contributed by atoms with Crippen LogP contribution in [0.1, 0.15) is 37.8 Å². The van der Waals surface area contributed by atoms with Crippen molar-refractivity contribution in [3.63, 3.8) is 0 Å². The number of rotatable bonds is 10. The van der Waals surface area contributed by atoms with Gasteiger partial charge in [0.25, 0.3) is 10.0 Å². The lowest BCUT2D eigenvalue weighted by atomic mass is 10.0. The van der Waals surface area contributed by atoms with Gasteiger partial charge in [0, 0.05) is 18.7 Å². The molecule has 3 amide bonds. The van der Waals surface area contributed by atoms with Crippen molar-refractivity contribution >= 4 is 27.6 Å². The van der Waals surface area contributed by atoms with E-state index in [1.165, 1.54) is 17.0 Å². The van der Waals surface area contributed by atoms with Gasteiger partial charge in [-0.3, -0.25) is 4.79 Å². The van der Waals surface area contributed by atoms with Crippen LogP contribution >= 0.6 is 0 Å². The van der Waals surface area contributed by atoms with Crippen molar-refractivity contribution in [3.05, 3.63) is 90.0 Å². The number of nitrogens with one attached hydrogen (secondary N) is 2.